The monoisotopic (exact) mass is 407 g/mol. The van der Waals surface area contributed by atoms with Gasteiger partial charge in [-0.15, -0.1) is 11.3 Å². The van der Waals surface area contributed by atoms with Crippen LogP contribution >= 0.6 is 11.3 Å². The molecule has 2 aromatic heterocycles. The van der Waals surface area contributed by atoms with Crippen molar-refractivity contribution in [1.29, 1.82) is 0 Å². The number of amides is 1. The molecule has 7 heteroatoms. The quantitative estimate of drug-likeness (QED) is 0.474. The van der Waals surface area contributed by atoms with Crippen molar-refractivity contribution in [2.45, 2.75) is 19.4 Å². The number of halogens is 1. The molecule has 146 valence electrons. The molecular weight excluding hydrogens is 389 g/mol. The maximum absolute atomic E-state index is 13.8. The number of nitrogens with zero attached hydrogens (tertiary/aromatic N) is 3. The molecule has 0 bridgehead atoms. The van der Waals surface area contributed by atoms with E-state index in [9.17, 15) is 9.18 Å². The molecule has 0 unspecified atom stereocenters. The van der Waals surface area contributed by atoms with Crippen LogP contribution in [0.3, 0.4) is 0 Å². The van der Waals surface area contributed by atoms with Crippen LogP contribution in [0.15, 0.2) is 81.8 Å². The second-order valence-electron chi connectivity index (χ2n) is 6.40. The lowest BCUT2D eigenvalue weighted by Gasteiger charge is -2.02. The largest absolute Gasteiger partial charge is 0.441 e. The molecule has 4 aromatic rings. The highest BCUT2D eigenvalue weighted by atomic mass is 32.1. The van der Waals surface area contributed by atoms with Crippen LogP contribution in [0.5, 0.6) is 0 Å². The minimum absolute atomic E-state index is 0.167. The van der Waals surface area contributed by atoms with Gasteiger partial charge < -0.3 is 8.98 Å². The Labute approximate surface area is 170 Å². The Kier molecular flexibility index (Phi) is 5.76. The molecule has 1 amide bonds. The maximum Gasteiger partial charge on any atom is 0.248 e. The van der Waals surface area contributed by atoms with Gasteiger partial charge in [-0.3, -0.25) is 4.79 Å². The normalized spacial score (nSPS) is 11.7. The molecule has 0 fully saturated rings. The number of carbonyl (C=O) groups is 1. The van der Waals surface area contributed by atoms with Gasteiger partial charge >= 0.3 is 0 Å². The number of aromatic nitrogens is 2. The second-order valence-corrected chi connectivity index (χ2v) is 7.28. The van der Waals surface area contributed by atoms with Crippen LogP contribution in [0.25, 0.3) is 11.3 Å². The van der Waals surface area contributed by atoms with E-state index >= 15 is 0 Å². The summed E-state index contributed by atoms with van der Waals surface area (Å²) in [6, 6.07) is 16.3. The second kappa shape index (κ2) is 8.79. The topological polar surface area (TPSA) is 60.4 Å². The molecule has 0 N–H and O–H groups in total. The van der Waals surface area contributed by atoms with E-state index in [0.29, 0.717) is 35.0 Å². The third-order valence-electron chi connectivity index (χ3n) is 4.32. The molecule has 0 spiro atoms. The molecule has 0 aliphatic carbocycles. The lowest BCUT2D eigenvalue weighted by atomic mass is 10.2. The fraction of sp³-hybridized carbons (Fsp3) is 0.136. The highest BCUT2D eigenvalue weighted by molar-refractivity contribution is 7.07. The Hall–Kier alpha value is -3.32. The van der Waals surface area contributed by atoms with Gasteiger partial charge in [0, 0.05) is 31.0 Å². The van der Waals surface area contributed by atoms with Crippen molar-refractivity contribution in [2.24, 2.45) is 4.99 Å². The molecule has 0 radical (unpaired) electrons. The van der Waals surface area contributed by atoms with Gasteiger partial charge in [0.25, 0.3) is 0 Å². The summed E-state index contributed by atoms with van der Waals surface area (Å²) < 4.78 is 21.4. The molecule has 5 nitrogen and oxygen atoms in total. The Morgan fingerprint density at radius 3 is 2.76 bits per heavy atom. The van der Waals surface area contributed by atoms with E-state index < -0.39 is 0 Å². The van der Waals surface area contributed by atoms with Crippen LogP contribution in [0.2, 0.25) is 0 Å². The highest BCUT2D eigenvalue weighted by Gasteiger charge is 2.11. The summed E-state index contributed by atoms with van der Waals surface area (Å²) in [5.74, 6) is 0.110. The minimum atomic E-state index is -0.373. The zero-order chi connectivity index (χ0) is 20.1. The molecule has 4 rings (SSSR count). The number of aryl methyl sites for hydroxylation is 1. The third kappa shape index (κ3) is 4.75. The van der Waals surface area contributed by atoms with Gasteiger partial charge in [0.1, 0.15) is 5.82 Å². The van der Waals surface area contributed by atoms with Crippen LogP contribution in [0.4, 0.5) is 4.39 Å². The van der Waals surface area contributed by atoms with Crippen molar-refractivity contribution in [2.75, 3.05) is 0 Å². The van der Waals surface area contributed by atoms with E-state index in [2.05, 4.69) is 9.98 Å². The lowest BCUT2D eigenvalue weighted by Crippen LogP contribution is -2.17. The molecular formula is C22H18FN3O2S. The average molecular weight is 407 g/mol. The minimum Gasteiger partial charge on any atom is -0.441 e. The number of hydrogen-bond donors (Lipinski definition) is 0. The Balaban J connectivity index is 1.41. The molecule has 0 aliphatic rings. The van der Waals surface area contributed by atoms with Crippen LogP contribution in [0, 0.1) is 5.82 Å². The van der Waals surface area contributed by atoms with Crippen molar-refractivity contribution in [3.8, 4) is 11.3 Å². The van der Waals surface area contributed by atoms with Gasteiger partial charge in [0.05, 0.1) is 11.8 Å². The maximum atomic E-state index is 13.8. The number of thiazole rings is 1. The molecule has 0 atom stereocenters. The standard InChI is InChI=1S/C22H18FN3O2S/c23-18-9-5-4-8-17(18)19-14-24-21(28-19)11-10-20(27)25-22-26(12-13-29-22)15-16-6-2-1-3-7-16/h1-9,12-14H,10-11,15H2. The van der Waals surface area contributed by atoms with Gasteiger partial charge in [-0.1, -0.05) is 42.5 Å². The van der Waals surface area contributed by atoms with Gasteiger partial charge in [-0.25, -0.2) is 9.37 Å². The Morgan fingerprint density at radius 2 is 1.93 bits per heavy atom. The fourth-order valence-corrected chi connectivity index (χ4v) is 3.62. The number of hydrogen-bond acceptors (Lipinski definition) is 4. The zero-order valence-electron chi connectivity index (χ0n) is 15.5. The fourth-order valence-electron chi connectivity index (χ4n) is 2.88. The van der Waals surface area contributed by atoms with Crippen LogP contribution in [0.1, 0.15) is 17.9 Å². The summed E-state index contributed by atoms with van der Waals surface area (Å²) in [5.41, 5.74) is 1.49. The number of benzene rings is 2. The molecule has 0 aliphatic heterocycles. The predicted molar refractivity (Wildman–Crippen MR) is 109 cm³/mol. The summed E-state index contributed by atoms with van der Waals surface area (Å²) in [7, 11) is 0. The third-order valence-corrected chi connectivity index (χ3v) is 5.12. The SMILES string of the molecule is O=C(CCc1ncc(-c2ccccc2F)o1)N=c1sccn1Cc1ccccc1. The highest BCUT2D eigenvalue weighted by Crippen LogP contribution is 2.23. The summed E-state index contributed by atoms with van der Waals surface area (Å²) in [6.45, 7) is 0.655. The van der Waals surface area contributed by atoms with Crippen LogP contribution in [-0.4, -0.2) is 15.5 Å². The first-order valence-electron chi connectivity index (χ1n) is 9.14. The van der Waals surface area contributed by atoms with E-state index in [1.807, 2.05) is 46.5 Å². The first-order chi connectivity index (χ1) is 14.2. The molecule has 2 aromatic carbocycles. The predicted octanol–water partition coefficient (Wildman–Crippen LogP) is 4.45. The van der Waals surface area contributed by atoms with E-state index in [0.717, 1.165) is 5.56 Å². The Morgan fingerprint density at radius 1 is 1.14 bits per heavy atom. The van der Waals surface area contributed by atoms with Crippen molar-refractivity contribution in [1.82, 2.24) is 9.55 Å². The van der Waals surface area contributed by atoms with E-state index in [1.165, 1.54) is 23.6 Å². The number of oxazole rings is 1. The van der Waals surface area contributed by atoms with E-state index in [-0.39, 0.29) is 18.1 Å². The van der Waals surface area contributed by atoms with Crippen molar-refractivity contribution >= 4 is 17.2 Å². The van der Waals surface area contributed by atoms with Crippen molar-refractivity contribution in [3.05, 3.63) is 94.4 Å². The molecule has 0 saturated heterocycles. The van der Waals surface area contributed by atoms with Crippen molar-refractivity contribution in [3.63, 3.8) is 0 Å². The van der Waals surface area contributed by atoms with E-state index in [4.69, 9.17) is 4.42 Å². The average Bonchev–Trinajstić information content (AvgIpc) is 3.37. The van der Waals surface area contributed by atoms with Crippen LogP contribution in [-0.2, 0) is 17.8 Å². The van der Waals surface area contributed by atoms with Crippen LogP contribution < -0.4 is 4.80 Å². The van der Waals surface area contributed by atoms with E-state index in [1.54, 1.807) is 18.2 Å². The summed E-state index contributed by atoms with van der Waals surface area (Å²) in [6.07, 6.45) is 3.86. The zero-order valence-corrected chi connectivity index (χ0v) is 16.3. The smallest absolute Gasteiger partial charge is 0.248 e. The first kappa shape index (κ1) is 19.0. The molecule has 0 saturated carbocycles. The molecule has 29 heavy (non-hydrogen) atoms. The summed E-state index contributed by atoms with van der Waals surface area (Å²) in [5, 5.41) is 1.91. The number of rotatable bonds is 6. The first-order valence-corrected chi connectivity index (χ1v) is 10.0. The lowest BCUT2D eigenvalue weighted by molar-refractivity contribution is -0.118. The van der Waals surface area contributed by atoms with Crippen molar-refractivity contribution < 1.29 is 13.6 Å². The van der Waals surface area contributed by atoms with Gasteiger partial charge in [-0.05, 0) is 17.7 Å². The molecule has 2 heterocycles. The summed E-state index contributed by atoms with van der Waals surface area (Å²) in [4.78, 5) is 21.3. The number of carbonyl (C=O) groups excluding carboxylic acids is 1. The van der Waals surface area contributed by atoms with Gasteiger partial charge in [0.15, 0.2) is 16.5 Å². The van der Waals surface area contributed by atoms with Gasteiger partial charge in [0.2, 0.25) is 5.91 Å². The summed E-state index contributed by atoms with van der Waals surface area (Å²) >= 11 is 1.42. The van der Waals surface area contributed by atoms with Gasteiger partial charge in [-0.2, -0.15) is 4.99 Å². The Bertz CT molecular complexity index is 1180.